The summed E-state index contributed by atoms with van der Waals surface area (Å²) < 4.78 is 0. The van der Waals surface area contributed by atoms with Crippen molar-refractivity contribution in [3.05, 3.63) is 71.6 Å². The van der Waals surface area contributed by atoms with Crippen LogP contribution < -0.4 is 10.6 Å². The van der Waals surface area contributed by atoms with E-state index in [-0.39, 0.29) is 23.9 Å². The number of nitrogens with zero attached hydrogens (tertiary/aromatic N) is 3. The predicted molar refractivity (Wildman–Crippen MR) is 121 cm³/mol. The van der Waals surface area contributed by atoms with Crippen LogP contribution in [0.3, 0.4) is 0 Å². The van der Waals surface area contributed by atoms with Gasteiger partial charge in [-0.05, 0) is 36.6 Å². The van der Waals surface area contributed by atoms with Crippen molar-refractivity contribution >= 4 is 17.4 Å². The fraction of sp³-hybridized carbons (Fsp3) is 0.292. The zero-order valence-corrected chi connectivity index (χ0v) is 18.1. The van der Waals surface area contributed by atoms with Crippen molar-refractivity contribution < 1.29 is 9.59 Å². The minimum absolute atomic E-state index is 0.0817. The first-order valence-electron chi connectivity index (χ1n) is 10.4. The van der Waals surface area contributed by atoms with Crippen molar-refractivity contribution in [2.75, 3.05) is 11.9 Å². The predicted octanol–water partition coefficient (Wildman–Crippen LogP) is 3.73. The Morgan fingerprint density at radius 3 is 2.61 bits per heavy atom. The maximum Gasteiger partial charge on any atom is 0.238 e. The van der Waals surface area contributed by atoms with Gasteiger partial charge < -0.3 is 10.6 Å². The monoisotopic (exact) mass is 417 g/mol. The molecule has 0 aliphatic carbocycles. The molecular formula is C24H27N5O2. The summed E-state index contributed by atoms with van der Waals surface area (Å²) in [5.41, 5.74) is 4.56. The van der Waals surface area contributed by atoms with Crippen LogP contribution in [-0.4, -0.2) is 33.2 Å². The number of pyridine rings is 1. The van der Waals surface area contributed by atoms with Gasteiger partial charge in [-0.15, -0.1) is 0 Å². The number of hydrogen-bond acceptors (Lipinski definition) is 6. The molecule has 0 radical (unpaired) electrons. The molecule has 1 aromatic carbocycles. The number of aryl methyl sites for hydroxylation is 2. The lowest BCUT2D eigenvalue weighted by atomic mass is 10.0. The highest BCUT2D eigenvalue weighted by Crippen LogP contribution is 2.26. The number of ketones is 1. The number of amides is 1. The number of nitrogens with one attached hydrogen (secondary N) is 2. The molecule has 0 fully saturated rings. The van der Waals surface area contributed by atoms with Crippen LogP contribution in [0.25, 0.3) is 11.1 Å². The van der Waals surface area contributed by atoms with Crippen LogP contribution in [0.1, 0.15) is 47.8 Å². The molecule has 0 bridgehead atoms. The Labute approximate surface area is 182 Å². The number of benzene rings is 1. The highest BCUT2D eigenvalue weighted by atomic mass is 16.2. The molecule has 2 aromatic heterocycles. The van der Waals surface area contributed by atoms with Crippen molar-refractivity contribution in [1.29, 1.82) is 0 Å². The minimum Gasteiger partial charge on any atom is -0.323 e. The molecule has 0 aliphatic rings. The van der Waals surface area contributed by atoms with Gasteiger partial charge in [0, 0.05) is 30.9 Å². The first-order chi connectivity index (χ1) is 15.0. The van der Waals surface area contributed by atoms with Gasteiger partial charge in [-0.3, -0.25) is 14.6 Å². The molecule has 0 saturated heterocycles. The SMILES string of the molecule is CCC(=O)c1ncc(-c2cccc(CC)c2)cc1NC(=O)CNCc1ccnc(C)n1. The Hall–Kier alpha value is -3.45. The van der Waals surface area contributed by atoms with E-state index in [2.05, 4.69) is 44.6 Å². The zero-order chi connectivity index (χ0) is 22.2. The highest BCUT2D eigenvalue weighted by molar-refractivity contribution is 6.04. The van der Waals surface area contributed by atoms with E-state index in [1.165, 1.54) is 5.56 Å². The first kappa shape index (κ1) is 22.2. The van der Waals surface area contributed by atoms with Gasteiger partial charge in [0.1, 0.15) is 11.5 Å². The smallest absolute Gasteiger partial charge is 0.238 e. The summed E-state index contributed by atoms with van der Waals surface area (Å²) in [5, 5.41) is 5.91. The summed E-state index contributed by atoms with van der Waals surface area (Å²) in [6, 6.07) is 11.8. The van der Waals surface area contributed by atoms with E-state index in [0.29, 0.717) is 24.5 Å². The lowest BCUT2D eigenvalue weighted by Gasteiger charge is -2.12. The van der Waals surface area contributed by atoms with Crippen molar-refractivity contribution in [2.45, 2.75) is 40.2 Å². The Kier molecular flexibility index (Phi) is 7.56. The Morgan fingerprint density at radius 1 is 1.03 bits per heavy atom. The van der Waals surface area contributed by atoms with Crippen LogP contribution in [0, 0.1) is 6.92 Å². The van der Waals surface area contributed by atoms with Crippen LogP contribution in [0.4, 0.5) is 5.69 Å². The summed E-state index contributed by atoms with van der Waals surface area (Å²) in [6.07, 6.45) is 4.61. The molecule has 0 saturated carbocycles. The van der Waals surface area contributed by atoms with Crippen LogP contribution >= 0.6 is 0 Å². The molecular weight excluding hydrogens is 390 g/mol. The number of aromatic nitrogens is 3. The van der Waals surface area contributed by atoms with Gasteiger partial charge in [0.15, 0.2) is 5.78 Å². The van der Waals surface area contributed by atoms with E-state index in [1.54, 1.807) is 25.4 Å². The lowest BCUT2D eigenvalue weighted by Crippen LogP contribution is -2.28. The molecule has 3 rings (SSSR count). The molecule has 31 heavy (non-hydrogen) atoms. The van der Waals surface area contributed by atoms with Crippen LogP contribution in [-0.2, 0) is 17.8 Å². The first-order valence-corrected chi connectivity index (χ1v) is 10.4. The second kappa shape index (κ2) is 10.5. The van der Waals surface area contributed by atoms with Gasteiger partial charge in [0.2, 0.25) is 5.91 Å². The van der Waals surface area contributed by atoms with E-state index in [4.69, 9.17) is 0 Å². The standard InChI is InChI=1S/C24H27N5O2/c1-4-17-7-6-8-18(11-17)19-12-21(24(27-13-19)22(30)5-2)29-23(31)15-25-14-20-9-10-26-16(3)28-20/h6-13,25H,4-5,14-15H2,1-3H3,(H,29,31). The van der Waals surface area contributed by atoms with E-state index >= 15 is 0 Å². The maximum absolute atomic E-state index is 12.5. The topological polar surface area (TPSA) is 96.9 Å². The van der Waals surface area contributed by atoms with Crippen molar-refractivity contribution in [1.82, 2.24) is 20.3 Å². The van der Waals surface area contributed by atoms with Gasteiger partial charge >= 0.3 is 0 Å². The van der Waals surface area contributed by atoms with Crippen molar-refractivity contribution in [3.8, 4) is 11.1 Å². The molecule has 2 N–H and O–H groups in total. The molecule has 2 heterocycles. The number of rotatable bonds is 9. The second-order valence-electron chi connectivity index (χ2n) is 7.20. The average Bonchev–Trinajstić information content (AvgIpc) is 2.78. The Balaban J connectivity index is 1.75. The Morgan fingerprint density at radius 2 is 1.87 bits per heavy atom. The summed E-state index contributed by atoms with van der Waals surface area (Å²) in [6.45, 7) is 6.22. The number of hydrogen-bond donors (Lipinski definition) is 2. The van der Waals surface area contributed by atoms with Gasteiger partial charge in [-0.25, -0.2) is 9.97 Å². The van der Waals surface area contributed by atoms with Crippen LogP contribution in [0.2, 0.25) is 0 Å². The Bertz CT molecular complexity index is 1080. The van der Waals surface area contributed by atoms with E-state index in [9.17, 15) is 9.59 Å². The molecule has 0 spiro atoms. The highest BCUT2D eigenvalue weighted by Gasteiger charge is 2.15. The van der Waals surface area contributed by atoms with E-state index in [0.717, 1.165) is 23.2 Å². The molecule has 7 nitrogen and oxygen atoms in total. The molecule has 1 amide bonds. The van der Waals surface area contributed by atoms with E-state index < -0.39 is 0 Å². The van der Waals surface area contributed by atoms with Gasteiger partial charge in [0.25, 0.3) is 0 Å². The van der Waals surface area contributed by atoms with Crippen LogP contribution in [0.15, 0.2) is 48.8 Å². The summed E-state index contributed by atoms with van der Waals surface area (Å²) in [4.78, 5) is 37.6. The lowest BCUT2D eigenvalue weighted by molar-refractivity contribution is -0.115. The summed E-state index contributed by atoms with van der Waals surface area (Å²) in [5.74, 6) is 0.312. The number of Topliss-reactive ketones (excluding diaryl/α,β-unsaturated/α-hetero) is 1. The normalized spacial score (nSPS) is 10.7. The molecule has 0 unspecified atom stereocenters. The summed E-state index contributed by atoms with van der Waals surface area (Å²) in [7, 11) is 0. The molecule has 160 valence electrons. The maximum atomic E-state index is 12.5. The van der Waals surface area contributed by atoms with Gasteiger partial charge in [-0.2, -0.15) is 0 Å². The quantitative estimate of drug-likeness (QED) is 0.515. The number of anilines is 1. The third-order valence-corrected chi connectivity index (χ3v) is 4.84. The zero-order valence-electron chi connectivity index (χ0n) is 18.1. The summed E-state index contributed by atoms with van der Waals surface area (Å²) >= 11 is 0. The largest absolute Gasteiger partial charge is 0.323 e. The van der Waals surface area contributed by atoms with Crippen molar-refractivity contribution in [3.63, 3.8) is 0 Å². The molecule has 0 aliphatic heterocycles. The third kappa shape index (κ3) is 6.02. The van der Waals surface area contributed by atoms with Crippen molar-refractivity contribution in [2.24, 2.45) is 0 Å². The number of carbonyl (C=O) groups is 2. The minimum atomic E-state index is -0.253. The van der Waals surface area contributed by atoms with Gasteiger partial charge in [0.05, 0.1) is 17.9 Å². The average molecular weight is 418 g/mol. The van der Waals surface area contributed by atoms with Crippen LogP contribution in [0.5, 0.6) is 0 Å². The third-order valence-electron chi connectivity index (χ3n) is 4.84. The number of carbonyl (C=O) groups excluding carboxylic acids is 2. The van der Waals surface area contributed by atoms with Gasteiger partial charge in [-0.1, -0.05) is 38.1 Å². The fourth-order valence-electron chi connectivity index (χ4n) is 3.18. The second-order valence-corrected chi connectivity index (χ2v) is 7.20. The fourth-order valence-corrected chi connectivity index (χ4v) is 3.18. The van der Waals surface area contributed by atoms with E-state index in [1.807, 2.05) is 25.1 Å². The molecule has 3 aromatic rings. The molecule has 7 heteroatoms. The molecule has 0 atom stereocenters.